The van der Waals surface area contributed by atoms with Crippen LogP contribution in [0.1, 0.15) is 15.9 Å². The van der Waals surface area contributed by atoms with E-state index in [4.69, 9.17) is 0 Å². The van der Waals surface area contributed by atoms with Gasteiger partial charge in [-0.3, -0.25) is 4.79 Å². The molecule has 13 heavy (non-hydrogen) atoms. The molecular weight excluding hydrogens is 162 g/mol. The molecular formula is C11H7NO. The quantitative estimate of drug-likeness (QED) is 0.550. The molecule has 2 nitrogen and oxygen atoms in total. The lowest BCUT2D eigenvalue weighted by Gasteiger charge is -1.94. The summed E-state index contributed by atoms with van der Waals surface area (Å²) in [7, 11) is 0. The topological polar surface area (TPSA) is 32.9 Å². The van der Waals surface area contributed by atoms with E-state index in [0.29, 0.717) is 0 Å². The van der Waals surface area contributed by atoms with Gasteiger partial charge in [0.2, 0.25) is 0 Å². The molecule has 1 heterocycles. The minimum Gasteiger partial charge on any atom is -0.361 e. The van der Waals surface area contributed by atoms with E-state index in [2.05, 4.69) is 4.98 Å². The fourth-order valence-electron chi connectivity index (χ4n) is 1.83. The second-order valence-electron chi connectivity index (χ2n) is 3.14. The third-order valence-corrected chi connectivity index (χ3v) is 2.43. The minimum atomic E-state index is 0.131. The maximum absolute atomic E-state index is 11.7. The van der Waals surface area contributed by atoms with Crippen LogP contribution in [0.15, 0.2) is 36.5 Å². The molecule has 1 aliphatic carbocycles. The van der Waals surface area contributed by atoms with Gasteiger partial charge < -0.3 is 4.98 Å². The first-order valence-electron chi connectivity index (χ1n) is 4.19. The van der Waals surface area contributed by atoms with E-state index in [-0.39, 0.29) is 5.78 Å². The van der Waals surface area contributed by atoms with Gasteiger partial charge in [0.05, 0.1) is 5.69 Å². The van der Waals surface area contributed by atoms with Gasteiger partial charge in [0.15, 0.2) is 5.78 Å². The van der Waals surface area contributed by atoms with Crippen molar-refractivity contribution in [2.75, 3.05) is 0 Å². The molecule has 0 saturated carbocycles. The number of aromatic amines is 1. The maximum Gasteiger partial charge on any atom is 0.195 e. The van der Waals surface area contributed by atoms with Crippen molar-refractivity contribution in [3.05, 3.63) is 47.7 Å². The van der Waals surface area contributed by atoms with Crippen LogP contribution in [0.3, 0.4) is 0 Å². The van der Waals surface area contributed by atoms with Crippen molar-refractivity contribution in [2.45, 2.75) is 0 Å². The summed E-state index contributed by atoms with van der Waals surface area (Å²) in [6.45, 7) is 0. The van der Waals surface area contributed by atoms with Gasteiger partial charge in [-0.25, -0.2) is 0 Å². The van der Waals surface area contributed by atoms with Crippen LogP contribution in [-0.2, 0) is 0 Å². The lowest BCUT2D eigenvalue weighted by molar-refractivity contribution is 0.104. The Morgan fingerprint density at radius 1 is 0.923 bits per heavy atom. The Kier molecular flexibility index (Phi) is 1.08. The normalized spacial score (nSPS) is 12.8. The van der Waals surface area contributed by atoms with Crippen molar-refractivity contribution in [1.82, 2.24) is 4.98 Å². The summed E-state index contributed by atoms with van der Waals surface area (Å²) < 4.78 is 0. The van der Waals surface area contributed by atoms with Crippen molar-refractivity contribution in [1.29, 1.82) is 0 Å². The summed E-state index contributed by atoms with van der Waals surface area (Å²) in [6.07, 6.45) is 1.80. The van der Waals surface area contributed by atoms with E-state index in [9.17, 15) is 4.79 Å². The maximum atomic E-state index is 11.7. The molecule has 0 aliphatic heterocycles. The van der Waals surface area contributed by atoms with Crippen LogP contribution in [-0.4, -0.2) is 10.8 Å². The third kappa shape index (κ3) is 0.699. The lowest BCUT2D eigenvalue weighted by atomic mass is 10.1. The van der Waals surface area contributed by atoms with E-state index in [1.807, 2.05) is 30.3 Å². The Labute approximate surface area is 75.2 Å². The van der Waals surface area contributed by atoms with E-state index >= 15 is 0 Å². The minimum absolute atomic E-state index is 0.131. The first-order valence-corrected chi connectivity index (χ1v) is 4.19. The molecule has 0 saturated heterocycles. The zero-order valence-corrected chi connectivity index (χ0v) is 6.87. The average molecular weight is 169 g/mol. The second-order valence-corrected chi connectivity index (χ2v) is 3.14. The zero-order chi connectivity index (χ0) is 8.84. The highest BCUT2D eigenvalue weighted by Crippen LogP contribution is 2.34. The smallest absolute Gasteiger partial charge is 0.195 e. The van der Waals surface area contributed by atoms with Gasteiger partial charge >= 0.3 is 0 Å². The molecule has 0 spiro atoms. The molecule has 0 atom stereocenters. The van der Waals surface area contributed by atoms with Crippen LogP contribution < -0.4 is 0 Å². The van der Waals surface area contributed by atoms with Crippen LogP contribution in [0.4, 0.5) is 0 Å². The molecule has 0 fully saturated rings. The number of nitrogens with one attached hydrogen (secondary N) is 1. The first-order chi connectivity index (χ1) is 6.38. The monoisotopic (exact) mass is 169 g/mol. The molecule has 2 aromatic rings. The average Bonchev–Trinajstić information content (AvgIpc) is 2.72. The molecule has 0 bridgehead atoms. The second kappa shape index (κ2) is 2.10. The molecule has 3 rings (SSSR count). The number of H-pyrrole nitrogens is 1. The van der Waals surface area contributed by atoms with E-state index in [1.54, 1.807) is 6.20 Å². The number of hydrogen-bond donors (Lipinski definition) is 1. The van der Waals surface area contributed by atoms with Crippen molar-refractivity contribution < 1.29 is 4.79 Å². The predicted octanol–water partition coefficient (Wildman–Crippen LogP) is 2.23. The van der Waals surface area contributed by atoms with Crippen molar-refractivity contribution in [3.63, 3.8) is 0 Å². The molecule has 1 aromatic heterocycles. The summed E-state index contributed by atoms with van der Waals surface area (Å²) >= 11 is 0. The molecule has 1 aromatic carbocycles. The SMILES string of the molecule is O=C1c2ccccc2-c2[nH]ccc21. The van der Waals surface area contributed by atoms with Gasteiger partial charge in [0, 0.05) is 22.9 Å². The summed E-state index contributed by atoms with van der Waals surface area (Å²) in [5.74, 6) is 0.131. The number of carbonyl (C=O) groups excluding carboxylic acids is 1. The lowest BCUT2D eigenvalue weighted by Crippen LogP contribution is -1.92. The fourth-order valence-corrected chi connectivity index (χ4v) is 1.83. The van der Waals surface area contributed by atoms with E-state index in [1.165, 1.54) is 0 Å². The van der Waals surface area contributed by atoms with E-state index < -0.39 is 0 Å². The highest BCUT2D eigenvalue weighted by molar-refractivity contribution is 6.21. The van der Waals surface area contributed by atoms with Gasteiger partial charge in [-0.05, 0) is 6.07 Å². The van der Waals surface area contributed by atoms with Crippen LogP contribution in [0.25, 0.3) is 11.3 Å². The Hall–Kier alpha value is -1.83. The molecule has 0 radical (unpaired) electrons. The van der Waals surface area contributed by atoms with Crippen LogP contribution >= 0.6 is 0 Å². The summed E-state index contributed by atoms with van der Waals surface area (Å²) in [5.41, 5.74) is 3.58. The summed E-state index contributed by atoms with van der Waals surface area (Å²) in [6, 6.07) is 9.50. The van der Waals surface area contributed by atoms with Crippen LogP contribution in [0.5, 0.6) is 0 Å². The number of ketones is 1. The number of fused-ring (bicyclic) bond motifs is 3. The summed E-state index contributed by atoms with van der Waals surface area (Å²) in [4.78, 5) is 14.8. The van der Waals surface area contributed by atoms with Gasteiger partial charge in [0.1, 0.15) is 0 Å². The predicted molar refractivity (Wildman–Crippen MR) is 49.7 cm³/mol. The standard InChI is InChI=1S/C11H7NO/c13-11-8-4-2-1-3-7(8)10-9(11)5-6-12-10/h1-6,12H. The molecule has 0 amide bonds. The third-order valence-electron chi connectivity index (χ3n) is 2.43. The molecule has 1 N–H and O–H groups in total. The van der Waals surface area contributed by atoms with Gasteiger partial charge in [-0.15, -0.1) is 0 Å². The molecule has 1 aliphatic rings. The fraction of sp³-hybridized carbons (Fsp3) is 0. The van der Waals surface area contributed by atoms with E-state index in [0.717, 1.165) is 22.4 Å². The van der Waals surface area contributed by atoms with Gasteiger partial charge in [-0.2, -0.15) is 0 Å². The number of benzene rings is 1. The first kappa shape index (κ1) is 6.66. The Morgan fingerprint density at radius 3 is 2.54 bits per heavy atom. The largest absolute Gasteiger partial charge is 0.361 e. The highest BCUT2D eigenvalue weighted by atomic mass is 16.1. The van der Waals surface area contributed by atoms with Crippen molar-refractivity contribution >= 4 is 5.78 Å². The molecule has 0 unspecified atom stereocenters. The Balaban J connectivity index is 2.43. The highest BCUT2D eigenvalue weighted by Gasteiger charge is 2.26. The molecule has 62 valence electrons. The van der Waals surface area contributed by atoms with Crippen molar-refractivity contribution in [2.24, 2.45) is 0 Å². The Morgan fingerprint density at radius 2 is 1.69 bits per heavy atom. The van der Waals surface area contributed by atoms with Crippen LogP contribution in [0.2, 0.25) is 0 Å². The number of rotatable bonds is 0. The summed E-state index contributed by atoms with van der Waals surface area (Å²) in [5, 5.41) is 0. The van der Waals surface area contributed by atoms with Gasteiger partial charge in [0.25, 0.3) is 0 Å². The zero-order valence-electron chi connectivity index (χ0n) is 6.87. The van der Waals surface area contributed by atoms with Gasteiger partial charge in [-0.1, -0.05) is 24.3 Å². The Bertz CT molecular complexity index is 496. The number of aromatic nitrogens is 1. The number of carbonyl (C=O) groups is 1. The molecule has 2 heteroatoms. The van der Waals surface area contributed by atoms with Crippen molar-refractivity contribution in [3.8, 4) is 11.3 Å². The van der Waals surface area contributed by atoms with Crippen LogP contribution in [0, 0.1) is 0 Å². The number of hydrogen-bond acceptors (Lipinski definition) is 1.